The molecule has 3 aromatic rings. The summed E-state index contributed by atoms with van der Waals surface area (Å²) in [5.74, 6) is 0.404. The first kappa shape index (κ1) is 16.9. The summed E-state index contributed by atoms with van der Waals surface area (Å²) in [6, 6.07) is 14.3. The molecule has 4 rings (SSSR count). The van der Waals surface area contributed by atoms with Gasteiger partial charge in [-0.25, -0.2) is 9.97 Å². The first-order valence-electron chi connectivity index (χ1n) is 8.83. The van der Waals surface area contributed by atoms with Gasteiger partial charge in [0.25, 0.3) is 5.91 Å². The normalized spacial score (nSPS) is 15.4. The van der Waals surface area contributed by atoms with Gasteiger partial charge in [-0.1, -0.05) is 12.1 Å². The van der Waals surface area contributed by atoms with Crippen LogP contribution in [0, 0.1) is 11.3 Å². The Balaban J connectivity index is 1.58. The fourth-order valence-corrected chi connectivity index (χ4v) is 3.29. The van der Waals surface area contributed by atoms with E-state index < -0.39 is 0 Å². The van der Waals surface area contributed by atoms with E-state index in [0.717, 1.165) is 36.2 Å². The van der Waals surface area contributed by atoms with Gasteiger partial charge in [-0.2, -0.15) is 5.26 Å². The summed E-state index contributed by atoms with van der Waals surface area (Å²) in [6.45, 7) is 0. The molecular formula is C21H17N5O. The van der Waals surface area contributed by atoms with Crippen molar-refractivity contribution in [2.45, 2.75) is 25.3 Å². The molecule has 0 saturated carbocycles. The first-order chi connectivity index (χ1) is 13.2. The van der Waals surface area contributed by atoms with Crippen LogP contribution < -0.4 is 5.32 Å². The van der Waals surface area contributed by atoms with Crippen molar-refractivity contribution < 1.29 is 4.79 Å². The Labute approximate surface area is 156 Å². The molecule has 1 aromatic carbocycles. The third kappa shape index (κ3) is 3.53. The van der Waals surface area contributed by atoms with E-state index in [1.807, 2.05) is 18.2 Å². The Bertz CT molecular complexity index is 1030. The van der Waals surface area contributed by atoms with Gasteiger partial charge >= 0.3 is 0 Å². The number of amides is 1. The molecule has 0 saturated heterocycles. The highest BCUT2D eigenvalue weighted by Gasteiger charge is 2.24. The molecule has 2 heterocycles. The van der Waals surface area contributed by atoms with Gasteiger partial charge in [0.1, 0.15) is 5.69 Å². The summed E-state index contributed by atoms with van der Waals surface area (Å²) in [4.78, 5) is 26.0. The minimum absolute atomic E-state index is 0.134. The largest absolute Gasteiger partial charge is 0.345 e. The van der Waals surface area contributed by atoms with Crippen LogP contribution in [0.2, 0.25) is 0 Å². The van der Waals surface area contributed by atoms with Gasteiger partial charge in [-0.15, -0.1) is 0 Å². The highest BCUT2D eigenvalue weighted by molar-refractivity contribution is 5.94. The molecule has 0 aliphatic heterocycles. The Morgan fingerprint density at radius 1 is 1.19 bits per heavy atom. The monoisotopic (exact) mass is 355 g/mol. The molecule has 132 valence electrons. The highest BCUT2D eigenvalue weighted by Crippen LogP contribution is 2.29. The second-order valence-electron chi connectivity index (χ2n) is 6.42. The van der Waals surface area contributed by atoms with Gasteiger partial charge in [-0.3, -0.25) is 9.78 Å². The molecule has 1 aliphatic carbocycles. The zero-order valence-corrected chi connectivity index (χ0v) is 14.6. The molecule has 27 heavy (non-hydrogen) atoms. The number of fused-ring (bicyclic) bond motifs is 1. The standard InChI is InChI=1S/C21H17N5O/c22-12-14-5-3-6-15(11-14)21(27)26-18-9-4-8-17-16(18)13-24-20(25-17)19-7-1-2-10-23-19/h1-3,5-7,10-11,13,18H,4,8-9H2,(H,26,27)/t18-/m0/s1. The lowest BCUT2D eigenvalue weighted by Gasteiger charge is -2.25. The zero-order valence-electron chi connectivity index (χ0n) is 14.6. The average Bonchev–Trinajstić information content (AvgIpc) is 2.74. The fourth-order valence-electron chi connectivity index (χ4n) is 3.29. The minimum Gasteiger partial charge on any atom is -0.345 e. The van der Waals surface area contributed by atoms with Gasteiger partial charge in [0.2, 0.25) is 0 Å². The van der Waals surface area contributed by atoms with Gasteiger partial charge in [0.05, 0.1) is 17.7 Å². The molecular weight excluding hydrogens is 338 g/mol. The van der Waals surface area contributed by atoms with Crippen molar-refractivity contribution in [2.24, 2.45) is 0 Å². The molecule has 0 spiro atoms. The zero-order chi connectivity index (χ0) is 18.6. The number of hydrogen-bond donors (Lipinski definition) is 1. The van der Waals surface area contributed by atoms with Gasteiger partial charge < -0.3 is 5.32 Å². The number of nitrogens with one attached hydrogen (secondary N) is 1. The number of hydrogen-bond acceptors (Lipinski definition) is 5. The Kier molecular flexibility index (Phi) is 4.58. The van der Waals surface area contributed by atoms with E-state index in [-0.39, 0.29) is 11.9 Å². The summed E-state index contributed by atoms with van der Waals surface area (Å²) < 4.78 is 0. The van der Waals surface area contributed by atoms with Gasteiger partial charge in [0, 0.05) is 29.2 Å². The van der Waals surface area contributed by atoms with Crippen LogP contribution in [0.15, 0.2) is 54.9 Å². The van der Waals surface area contributed by atoms with Crippen LogP contribution in [0.5, 0.6) is 0 Å². The summed E-state index contributed by atoms with van der Waals surface area (Å²) in [5, 5.41) is 12.1. The molecule has 6 heteroatoms. The van der Waals surface area contributed by atoms with Crippen LogP contribution >= 0.6 is 0 Å². The van der Waals surface area contributed by atoms with Crippen LogP contribution in [0.3, 0.4) is 0 Å². The van der Waals surface area contributed by atoms with Crippen LogP contribution in [-0.4, -0.2) is 20.9 Å². The van der Waals surface area contributed by atoms with Crippen LogP contribution in [0.4, 0.5) is 0 Å². The van der Waals surface area contributed by atoms with E-state index in [2.05, 4.69) is 26.3 Å². The SMILES string of the molecule is N#Cc1cccc(C(=O)N[C@H]2CCCc3nc(-c4ccccn4)ncc32)c1. The number of pyridine rings is 1. The van der Waals surface area contributed by atoms with E-state index in [0.29, 0.717) is 17.0 Å². The number of rotatable bonds is 3. The van der Waals surface area contributed by atoms with Gasteiger partial charge in [-0.05, 0) is 49.6 Å². The van der Waals surface area contributed by atoms with E-state index in [1.54, 1.807) is 36.7 Å². The topological polar surface area (TPSA) is 91.6 Å². The maximum Gasteiger partial charge on any atom is 0.251 e. The van der Waals surface area contributed by atoms with Crippen molar-refractivity contribution >= 4 is 5.91 Å². The molecule has 0 radical (unpaired) electrons. The predicted octanol–water partition coefficient (Wildman–Crippen LogP) is 3.22. The minimum atomic E-state index is -0.196. The Morgan fingerprint density at radius 3 is 2.93 bits per heavy atom. The van der Waals surface area contributed by atoms with Crippen molar-refractivity contribution in [2.75, 3.05) is 0 Å². The van der Waals surface area contributed by atoms with E-state index in [1.165, 1.54) is 0 Å². The van der Waals surface area contributed by atoms with E-state index >= 15 is 0 Å². The van der Waals surface area contributed by atoms with Crippen molar-refractivity contribution in [3.05, 3.63) is 77.2 Å². The number of carbonyl (C=O) groups excluding carboxylic acids is 1. The van der Waals surface area contributed by atoms with E-state index in [9.17, 15) is 4.79 Å². The second kappa shape index (κ2) is 7.34. The smallest absolute Gasteiger partial charge is 0.251 e. The number of nitriles is 1. The Morgan fingerprint density at radius 2 is 2.11 bits per heavy atom. The Hall–Kier alpha value is -3.59. The number of nitrogens with zero attached hydrogens (tertiary/aromatic N) is 4. The lowest BCUT2D eigenvalue weighted by Crippen LogP contribution is -2.31. The second-order valence-corrected chi connectivity index (χ2v) is 6.42. The highest BCUT2D eigenvalue weighted by atomic mass is 16.1. The molecule has 0 fully saturated rings. The van der Waals surface area contributed by atoms with Crippen LogP contribution in [-0.2, 0) is 6.42 Å². The van der Waals surface area contributed by atoms with Crippen LogP contribution in [0.1, 0.15) is 46.1 Å². The molecule has 1 N–H and O–H groups in total. The maximum atomic E-state index is 12.6. The fraction of sp³-hybridized carbons (Fsp3) is 0.190. The molecule has 1 amide bonds. The summed E-state index contributed by atoms with van der Waals surface area (Å²) in [6.07, 6.45) is 6.14. The van der Waals surface area contributed by atoms with Crippen molar-refractivity contribution in [3.63, 3.8) is 0 Å². The summed E-state index contributed by atoms with van der Waals surface area (Å²) >= 11 is 0. The molecule has 6 nitrogen and oxygen atoms in total. The summed E-state index contributed by atoms with van der Waals surface area (Å²) in [5.41, 5.74) is 3.58. The van der Waals surface area contributed by atoms with Crippen molar-refractivity contribution in [1.82, 2.24) is 20.3 Å². The first-order valence-corrected chi connectivity index (χ1v) is 8.83. The number of aromatic nitrogens is 3. The molecule has 1 atom stereocenters. The quantitative estimate of drug-likeness (QED) is 0.779. The van der Waals surface area contributed by atoms with Crippen LogP contribution in [0.25, 0.3) is 11.5 Å². The molecule has 0 unspecified atom stereocenters. The molecule has 1 aliphatic rings. The van der Waals surface area contributed by atoms with Crippen molar-refractivity contribution in [3.8, 4) is 17.6 Å². The summed E-state index contributed by atoms with van der Waals surface area (Å²) in [7, 11) is 0. The third-order valence-corrected chi connectivity index (χ3v) is 4.63. The van der Waals surface area contributed by atoms with Gasteiger partial charge in [0.15, 0.2) is 5.82 Å². The molecule has 2 aromatic heterocycles. The maximum absolute atomic E-state index is 12.6. The third-order valence-electron chi connectivity index (χ3n) is 4.63. The van der Waals surface area contributed by atoms with E-state index in [4.69, 9.17) is 5.26 Å². The number of benzene rings is 1. The predicted molar refractivity (Wildman–Crippen MR) is 99.6 cm³/mol. The average molecular weight is 355 g/mol. The number of carbonyl (C=O) groups is 1. The molecule has 0 bridgehead atoms. The number of aryl methyl sites for hydroxylation is 1. The lowest BCUT2D eigenvalue weighted by molar-refractivity contribution is 0.0932. The van der Waals surface area contributed by atoms with Crippen molar-refractivity contribution in [1.29, 1.82) is 5.26 Å². The lowest BCUT2D eigenvalue weighted by atomic mass is 9.92.